The van der Waals surface area contributed by atoms with Gasteiger partial charge in [0.05, 0.1) is 11.0 Å². The Kier molecular flexibility index (Phi) is 5.01. The highest BCUT2D eigenvalue weighted by Gasteiger charge is 2.29. The molecule has 108 valence electrons. The number of nitro benzene ring substituents is 1. The fourth-order valence-corrected chi connectivity index (χ4v) is 2.87. The fraction of sp³-hybridized carbons (Fsp3) is 0.364. The molecule has 0 aliphatic heterocycles. The Bertz CT molecular complexity index is 651. The zero-order valence-electron chi connectivity index (χ0n) is 11.0. The van der Waals surface area contributed by atoms with Gasteiger partial charge in [-0.2, -0.15) is 9.57 Å². The van der Waals surface area contributed by atoms with E-state index in [1.807, 2.05) is 6.07 Å². The minimum Gasteiger partial charge on any atom is -0.388 e. The van der Waals surface area contributed by atoms with E-state index in [-0.39, 0.29) is 13.0 Å². The van der Waals surface area contributed by atoms with Gasteiger partial charge in [0.15, 0.2) is 4.90 Å². The van der Waals surface area contributed by atoms with Gasteiger partial charge in [-0.15, -0.1) is 0 Å². The van der Waals surface area contributed by atoms with Crippen molar-refractivity contribution in [3.8, 4) is 6.07 Å². The predicted octanol–water partition coefficient (Wildman–Crippen LogP) is 1.17. The quantitative estimate of drug-likeness (QED) is 0.622. The normalized spacial score (nSPS) is 11.1. The molecule has 0 aromatic heterocycles. The van der Waals surface area contributed by atoms with Crippen LogP contribution in [-0.4, -0.2) is 38.3 Å². The Morgan fingerprint density at radius 1 is 1.50 bits per heavy atom. The first-order valence-corrected chi connectivity index (χ1v) is 7.08. The van der Waals surface area contributed by atoms with E-state index in [1.165, 1.54) is 19.2 Å². The molecule has 0 atom stereocenters. The van der Waals surface area contributed by atoms with Crippen LogP contribution in [0.2, 0.25) is 0 Å². The predicted molar refractivity (Wildman–Crippen MR) is 72.7 cm³/mol. The van der Waals surface area contributed by atoms with Crippen LogP contribution in [0.5, 0.6) is 0 Å². The SMILES string of the molecule is CNc1ccc([N+](=O)[O-])c(S(=O)(=O)N(C)CCC#N)c1. The summed E-state index contributed by atoms with van der Waals surface area (Å²) in [5, 5.41) is 22.2. The molecule has 1 aromatic carbocycles. The lowest BCUT2D eigenvalue weighted by Crippen LogP contribution is -2.28. The van der Waals surface area contributed by atoms with E-state index >= 15 is 0 Å². The molecule has 0 spiro atoms. The minimum atomic E-state index is -4.02. The monoisotopic (exact) mass is 298 g/mol. The van der Waals surface area contributed by atoms with Gasteiger partial charge in [0.25, 0.3) is 5.69 Å². The fourth-order valence-electron chi connectivity index (χ4n) is 1.52. The molecule has 0 unspecified atom stereocenters. The molecule has 0 fully saturated rings. The molecule has 0 saturated heterocycles. The van der Waals surface area contributed by atoms with Gasteiger partial charge in [-0.3, -0.25) is 10.1 Å². The molecule has 1 N–H and O–H groups in total. The van der Waals surface area contributed by atoms with Gasteiger partial charge < -0.3 is 5.32 Å². The highest BCUT2D eigenvalue weighted by molar-refractivity contribution is 7.89. The van der Waals surface area contributed by atoms with Gasteiger partial charge in [-0.05, 0) is 12.1 Å². The molecule has 0 aliphatic rings. The summed E-state index contributed by atoms with van der Waals surface area (Å²) in [7, 11) is -1.16. The number of sulfonamides is 1. The molecule has 0 amide bonds. The van der Waals surface area contributed by atoms with Crippen molar-refractivity contribution in [2.75, 3.05) is 26.0 Å². The maximum absolute atomic E-state index is 12.3. The molecule has 1 aromatic rings. The van der Waals surface area contributed by atoms with Crippen LogP contribution in [0.15, 0.2) is 23.1 Å². The van der Waals surface area contributed by atoms with E-state index in [0.29, 0.717) is 5.69 Å². The molecule has 0 aliphatic carbocycles. The zero-order chi connectivity index (χ0) is 15.3. The standard InChI is InChI=1S/C11H14N4O4S/c1-13-9-4-5-10(15(16)17)11(8-9)20(18,19)14(2)7-3-6-12/h4-5,8,13H,3,7H2,1-2H3. The second-order valence-corrected chi connectivity index (χ2v) is 5.94. The molecule has 9 heteroatoms. The van der Waals surface area contributed by atoms with Gasteiger partial charge in [0, 0.05) is 38.8 Å². The number of hydrogen-bond acceptors (Lipinski definition) is 6. The van der Waals surface area contributed by atoms with Crippen molar-refractivity contribution >= 4 is 21.4 Å². The topological polar surface area (TPSA) is 116 Å². The van der Waals surface area contributed by atoms with Gasteiger partial charge in [-0.25, -0.2) is 8.42 Å². The first-order chi connectivity index (χ1) is 9.34. The number of nitrogens with zero attached hydrogens (tertiary/aromatic N) is 3. The summed E-state index contributed by atoms with van der Waals surface area (Å²) in [6.45, 7) is -0.0280. The third-order valence-electron chi connectivity index (χ3n) is 2.67. The van der Waals surface area contributed by atoms with E-state index in [9.17, 15) is 18.5 Å². The molecule has 0 bridgehead atoms. The first-order valence-electron chi connectivity index (χ1n) is 5.64. The Morgan fingerprint density at radius 3 is 2.65 bits per heavy atom. The third kappa shape index (κ3) is 3.23. The number of nitrogens with one attached hydrogen (secondary N) is 1. The van der Waals surface area contributed by atoms with Crippen molar-refractivity contribution in [3.05, 3.63) is 28.3 Å². The lowest BCUT2D eigenvalue weighted by Gasteiger charge is -2.16. The van der Waals surface area contributed by atoms with E-state index in [1.54, 1.807) is 7.05 Å². The Morgan fingerprint density at radius 2 is 2.15 bits per heavy atom. The van der Waals surface area contributed by atoms with E-state index in [0.717, 1.165) is 10.4 Å². The average molecular weight is 298 g/mol. The maximum atomic E-state index is 12.3. The van der Waals surface area contributed by atoms with Crippen LogP contribution in [0.4, 0.5) is 11.4 Å². The number of nitro groups is 1. The molecular formula is C11H14N4O4S. The number of anilines is 1. The van der Waals surface area contributed by atoms with Crippen LogP contribution in [0.3, 0.4) is 0 Å². The molecule has 0 radical (unpaired) electrons. The first kappa shape index (κ1) is 15.9. The Labute approximate surface area is 116 Å². The van der Waals surface area contributed by atoms with Crippen molar-refractivity contribution in [1.82, 2.24) is 4.31 Å². The molecule has 0 heterocycles. The van der Waals surface area contributed by atoms with Crippen LogP contribution in [0.1, 0.15) is 6.42 Å². The average Bonchev–Trinajstić information content (AvgIpc) is 2.43. The summed E-state index contributed by atoms with van der Waals surface area (Å²) in [6, 6.07) is 5.59. The van der Waals surface area contributed by atoms with E-state index in [2.05, 4.69) is 5.32 Å². The summed E-state index contributed by atoms with van der Waals surface area (Å²) in [5.41, 5.74) is -0.0457. The highest BCUT2D eigenvalue weighted by atomic mass is 32.2. The van der Waals surface area contributed by atoms with Crippen LogP contribution >= 0.6 is 0 Å². The van der Waals surface area contributed by atoms with Crippen LogP contribution < -0.4 is 5.32 Å². The van der Waals surface area contributed by atoms with Crippen LogP contribution in [0, 0.1) is 21.4 Å². The van der Waals surface area contributed by atoms with Crippen molar-refractivity contribution < 1.29 is 13.3 Å². The van der Waals surface area contributed by atoms with Crippen molar-refractivity contribution in [1.29, 1.82) is 5.26 Å². The maximum Gasteiger partial charge on any atom is 0.289 e. The van der Waals surface area contributed by atoms with Gasteiger partial charge in [0.2, 0.25) is 10.0 Å². The van der Waals surface area contributed by atoms with Gasteiger partial charge >= 0.3 is 0 Å². The van der Waals surface area contributed by atoms with Crippen molar-refractivity contribution in [2.24, 2.45) is 0 Å². The van der Waals surface area contributed by atoms with Crippen molar-refractivity contribution in [3.63, 3.8) is 0 Å². The van der Waals surface area contributed by atoms with E-state index in [4.69, 9.17) is 5.26 Å². The summed E-state index contributed by atoms with van der Waals surface area (Å²) < 4.78 is 25.6. The highest BCUT2D eigenvalue weighted by Crippen LogP contribution is 2.29. The molecule has 20 heavy (non-hydrogen) atoms. The summed E-state index contributed by atoms with van der Waals surface area (Å²) >= 11 is 0. The molecule has 1 rings (SSSR count). The summed E-state index contributed by atoms with van der Waals surface area (Å²) in [4.78, 5) is 9.82. The Balaban J connectivity index is 3.35. The van der Waals surface area contributed by atoms with Gasteiger partial charge in [0.1, 0.15) is 0 Å². The number of benzene rings is 1. The van der Waals surface area contributed by atoms with Gasteiger partial charge in [-0.1, -0.05) is 0 Å². The number of hydrogen-bond donors (Lipinski definition) is 1. The smallest absolute Gasteiger partial charge is 0.289 e. The molecule has 8 nitrogen and oxygen atoms in total. The number of rotatable bonds is 6. The lowest BCUT2D eigenvalue weighted by molar-refractivity contribution is -0.387. The van der Waals surface area contributed by atoms with Crippen molar-refractivity contribution in [2.45, 2.75) is 11.3 Å². The lowest BCUT2D eigenvalue weighted by atomic mass is 10.3. The largest absolute Gasteiger partial charge is 0.388 e. The second kappa shape index (κ2) is 6.31. The van der Waals surface area contributed by atoms with Crippen LogP contribution in [0.25, 0.3) is 0 Å². The minimum absolute atomic E-state index is 0.00917. The molecular weight excluding hydrogens is 284 g/mol. The summed E-state index contributed by atoms with van der Waals surface area (Å²) in [6.07, 6.45) is 0.00917. The van der Waals surface area contributed by atoms with Crippen LogP contribution in [-0.2, 0) is 10.0 Å². The third-order valence-corrected chi connectivity index (χ3v) is 4.56. The molecule has 0 saturated carbocycles. The zero-order valence-corrected chi connectivity index (χ0v) is 11.8. The second-order valence-electron chi connectivity index (χ2n) is 3.92. The Hall–Kier alpha value is -2.18. The van der Waals surface area contributed by atoms with E-state index < -0.39 is 25.5 Å². The number of nitriles is 1. The summed E-state index contributed by atoms with van der Waals surface area (Å²) in [5.74, 6) is 0.